The van der Waals surface area contributed by atoms with Crippen LogP contribution in [0.3, 0.4) is 0 Å². The predicted molar refractivity (Wildman–Crippen MR) is 86.2 cm³/mol. The lowest BCUT2D eigenvalue weighted by Crippen LogP contribution is -2.15. The van der Waals surface area contributed by atoms with Gasteiger partial charge in [-0.2, -0.15) is 0 Å². The molecule has 1 amide bonds. The van der Waals surface area contributed by atoms with E-state index in [0.29, 0.717) is 16.4 Å². The average molecular weight is 336 g/mol. The number of carbonyl (C=O) groups excluding carboxylic acids is 1. The van der Waals surface area contributed by atoms with Gasteiger partial charge in [-0.05, 0) is 24.3 Å². The first-order valence-corrected chi connectivity index (χ1v) is 7.12. The minimum atomic E-state index is -0.416. The minimum Gasteiger partial charge on any atom is -0.494 e. The molecule has 0 aliphatic carbocycles. The number of imidazole rings is 1. The van der Waals surface area contributed by atoms with Crippen molar-refractivity contribution in [1.82, 2.24) is 9.38 Å². The summed E-state index contributed by atoms with van der Waals surface area (Å²) in [5.74, 6) is -0.178. The maximum Gasteiger partial charge on any atom is 0.261 e. The van der Waals surface area contributed by atoms with Crippen LogP contribution < -0.4 is 10.1 Å². The van der Waals surface area contributed by atoms with Gasteiger partial charge in [0.15, 0.2) is 11.4 Å². The topological polar surface area (TPSA) is 55.6 Å². The van der Waals surface area contributed by atoms with E-state index in [9.17, 15) is 4.79 Å². The first-order valence-electron chi connectivity index (χ1n) is 6.37. The third kappa shape index (κ3) is 2.49. The number of amides is 1. The van der Waals surface area contributed by atoms with Crippen LogP contribution in [-0.4, -0.2) is 22.4 Å². The summed E-state index contributed by atoms with van der Waals surface area (Å²) in [6.45, 7) is 0. The van der Waals surface area contributed by atoms with Crippen molar-refractivity contribution in [3.63, 3.8) is 0 Å². The van der Waals surface area contributed by atoms with Crippen LogP contribution in [0.4, 0.5) is 5.69 Å². The molecule has 3 rings (SSSR count). The predicted octanol–water partition coefficient (Wildman–Crippen LogP) is 3.90. The number of aromatic nitrogens is 2. The molecular weight excluding hydrogens is 325 g/mol. The van der Waals surface area contributed by atoms with Crippen molar-refractivity contribution in [2.24, 2.45) is 0 Å². The first kappa shape index (κ1) is 14.7. The van der Waals surface area contributed by atoms with E-state index >= 15 is 0 Å². The number of hydrogen-bond donors (Lipinski definition) is 1. The molecule has 1 aromatic carbocycles. The van der Waals surface area contributed by atoms with Crippen LogP contribution in [0.2, 0.25) is 10.0 Å². The van der Waals surface area contributed by atoms with Crippen LogP contribution in [0.1, 0.15) is 10.4 Å². The van der Waals surface area contributed by atoms with E-state index in [4.69, 9.17) is 27.9 Å². The second kappa shape index (κ2) is 5.87. The van der Waals surface area contributed by atoms with Crippen molar-refractivity contribution in [2.75, 3.05) is 12.4 Å². The number of nitrogens with one attached hydrogen (secondary N) is 1. The van der Waals surface area contributed by atoms with Crippen molar-refractivity contribution < 1.29 is 9.53 Å². The quantitative estimate of drug-likeness (QED) is 0.789. The lowest BCUT2D eigenvalue weighted by atomic mass is 10.1. The van der Waals surface area contributed by atoms with Crippen molar-refractivity contribution in [2.45, 2.75) is 0 Å². The van der Waals surface area contributed by atoms with Gasteiger partial charge in [-0.25, -0.2) is 4.98 Å². The van der Waals surface area contributed by atoms with E-state index in [1.807, 2.05) is 6.20 Å². The van der Waals surface area contributed by atoms with E-state index in [-0.39, 0.29) is 16.3 Å². The second-order valence-corrected chi connectivity index (χ2v) is 5.29. The molecule has 0 bridgehead atoms. The SMILES string of the molecule is COc1c(Cl)ccc(Cl)c1C(=O)Nc1cccn2ccnc12. The zero-order valence-corrected chi connectivity index (χ0v) is 13.0. The van der Waals surface area contributed by atoms with Gasteiger partial charge < -0.3 is 14.5 Å². The number of carbonyl (C=O) groups is 1. The third-order valence-electron chi connectivity index (χ3n) is 3.16. The number of halogens is 2. The zero-order chi connectivity index (χ0) is 15.7. The van der Waals surface area contributed by atoms with Crippen molar-refractivity contribution in [3.05, 3.63) is 58.5 Å². The van der Waals surface area contributed by atoms with E-state index in [2.05, 4.69) is 10.3 Å². The van der Waals surface area contributed by atoms with Gasteiger partial charge in [0, 0.05) is 18.6 Å². The molecule has 3 aromatic rings. The van der Waals surface area contributed by atoms with Crippen molar-refractivity contribution in [3.8, 4) is 5.75 Å². The van der Waals surface area contributed by atoms with Crippen LogP contribution in [0, 0.1) is 0 Å². The maximum absolute atomic E-state index is 12.6. The number of benzene rings is 1. The molecule has 0 saturated carbocycles. The van der Waals surface area contributed by atoms with Crippen LogP contribution >= 0.6 is 23.2 Å². The molecule has 0 saturated heterocycles. The summed E-state index contributed by atoms with van der Waals surface area (Å²) in [5.41, 5.74) is 1.38. The standard InChI is InChI=1S/C15H11Cl2N3O2/c1-22-13-10(17)5-4-9(16)12(13)15(21)19-11-3-2-7-20-8-6-18-14(11)20/h2-8H,1H3,(H,19,21). The number of anilines is 1. The van der Waals surface area contributed by atoms with E-state index in [1.54, 1.807) is 41.1 Å². The molecule has 5 nitrogen and oxygen atoms in total. The smallest absolute Gasteiger partial charge is 0.261 e. The van der Waals surface area contributed by atoms with E-state index < -0.39 is 5.91 Å². The molecule has 112 valence electrons. The van der Waals surface area contributed by atoms with Gasteiger partial charge in [-0.1, -0.05) is 23.2 Å². The Morgan fingerprint density at radius 2 is 2.00 bits per heavy atom. The number of nitrogens with zero attached hydrogens (tertiary/aromatic N) is 2. The summed E-state index contributed by atoms with van der Waals surface area (Å²) < 4.78 is 6.99. The fourth-order valence-corrected chi connectivity index (χ4v) is 2.64. The highest BCUT2D eigenvalue weighted by Gasteiger charge is 2.20. The van der Waals surface area contributed by atoms with Gasteiger partial charge in [0.1, 0.15) is 5.56 Å². The van der Waals surface area contributed by atoms with Crippen LogP contribution in [0.25, 0.3) is 5.65 Å². The molecule has 22 heavy (non-hydrogen) atoms. The molecule has 0 aliphatic heterocycles. The maximum atomic E-state index is 12.6. The lowest BCUT2D eigenvalue weighted by molar-refractivity contribution is 0.102. The molecule has 7 heteroatoms. The van der Waals surface area contributed by atoms with E-state index in [0.717, 1.165) is 0 Å². The Balaban J connectivity index is 2.02. The molecule has 0 unspecified atom stereocenters. The number of rotatable bonds is 3. The summed E-state index contributed by atoms with van der Waals surface area (Å²) >= 11 is 12.2. The van der Waals surface area contributed by atoms with Gasteiger partial charge in [-0.15, -0.1) is 0 Å². The van der Waals surface area contributed by atoms with Crippen LogP contribution in [0.5, 0.6) is 5.75 Å². The number of methoxy groups -OCH3 is 1. The van der Waals surface area contributed by atoms with Gasteiger partial charge in [-0.3, -0.25) is 4.79 Å². The highest BCUT2D eigenvalue weighted by atomic mass is 35.5. The fourth-order valence-electron chi connectivity index (χ4n) is 2.18. The molecule has 0 fully saturated rings. The second-order valence-electron chi connectivity index (χ2n) is 4.47. The van der Waals surface area contributed by atoms with Crippen molar-refractivity contribution in [1.29, 1.82) is 0 Å². The van der Waals surface area contributed by atoms with Gasteiger partial charge in [0.25, 0.3) is 5.91 Å². The highest BCUT2D eigenvalue weighted by Crippen LogP contribution is 2.34. The highest BCUT2D eigenvalue weighted by molar-refractivity contribution is 6.37. The van der Waals surface area contributed by atoms with Gasteiger partial charge in [0.05, 0.1) is 22.8 Å². The molecule has 2 heterocycles. The fraction of sp³-hybridized carbons (Fsp3) is 0.0667. The molecule has 0 radical (unpaired) electrons. The van der Waals surface area contributed by atoms with Crippen molar-refractivity contribution >= 4 is 40.4 Å². The van der Waals surface area contributed by atoms with Gasteiger partial charge in [0.2, 0.25) is 0 Å². The Morgan fingerprint density at radius 3 is 2.77 bits per heavy atom. The summed E-state index contributed by atoms with van der Waals surface area (Å²) in [6.07, 6.45) is 5.28. The number of ether oxygens (including phenoxy) is 1. The largest absolute Gasteiger partial charge is 0.494 e. The molecule has 0 spiro atoms. The van der Waals surface area contributed by atoms with Crippen LogP contribution in [-0.2, 0) is 0 Å². The molecule has 0 aliphatic rings. The minimum absolute atomic E-state index is 0.185. The number of pyridine rings is 1. The Kier molecular flexibility index (Phi) is 3.92. The van der Waals surface area contributed by atoms with E-state index in [1.165, 1.54) is 7.11 Å². The lowest BCUT2D eigenvalue weighted by Gasteiger charge is -2.12. The normalized spacial score (nSPS) is 10.7. The summed E-state index contributed by atoms with van der Waals surface area (Å²) in [7, 11) is 1.43. The average Bonchev–Trinajstić information content (AvgIpc) is 2.98. The van der Waals surface area contributed by atoms with Gasteiger partial charge >= 0.3 is 0 Å². The Labute approximate surface area is 136 Å². The molecular formula is C15H11Cl2N3O2. The van der Waals surface area contributed by atoms with Crippen LogP contribution in [0.15, 0.2) is 42.9 Å². The summed E-state index contributed by atoms with van der Waals surface area (Å²) in [4.78, 5) is 16.8. The summed E-state index contributed by atoms with van der Waals surface area (Å²) in [6, 6.07) is 6.69. The Morgan fingerprint density at radius 1 is 1.23 bits per heavy atom. The molecule has 0 atom stereocenters. The molecule has 2 aromatic heterocycles. The Hall–Kier alpha value is -2.24. The number of hydrogen-bond acceptors (Lipinski definition) is 3. The Bertz CT molecular complexity index is 861. The summed E-state index contributed by atoms with van der Waals surface area (Å²) in [5, 5.41) is 3.36. The zero-order valence-electron chi connectivity index (χ0n) is 11.5. The third-order valence-corrected chi connectivity index (χ3v) is 3.77. The first-order chi connectivity index (χ1) is 10.6. The monoisotopic (exact) mass is 335 g/mol. The number of fused-ring (bicyclic) bond motifs is 1. The molecule has 1 N–H and O–H groups in total.